The van der Waals surface area contributed by atoms with E-state index in [9.17, 15) is 13.2 Å². The Kier molecular flexibility index (Phi) is 6.68. The Bertz CT molecular complexity index is 1120. The van der Waals surface area contributed by atoms with Gasteiger partial charge in [0.2, 0.25) is 15.9 Å². The third kappa shape index (κ3) is 4.87. The second kappa shape index (κ2) is 9.35. The number of carbonyl (C=O) groups excluding carboxylic acids is 1. The van der Waals surface area contributed by atoms with E-state index in [0.717, 1.165) is 36.1 Å². The number of ether oxygens (including phenoxy) is 2. The Morgan fingerprint density at radius 2 is 1.73 bits per heavy atom. The van der Waals surface area contributed by atoms with Crippen molar-refractivity contribution in [3.63, 3.8) is 0 Å². The molecule has 0 aliphatic carbocycles. The fraction of sp³-hybridized carbons (Fsp3) is 0.480. The molecule has 0 aromatic heterocycles. The van der Waals surface area contributed by atoms with E-state index in [-0.39, 0.29) is 16.2 Å². The molecule has 178 valence electrons. The summed E-state index contributed by atoms with van der Waals surface area (Å²) in [5.74, 6) is 1.22. The molecule has 0 N–H and O–H groups in total. The zero-order chi connectivity index (χ0) is 23.6. The number of piperidine rings is 1. The molecule has 2 saturated heterocycles. The van der Waals surface area contributed by atoms with Crippen molar-refractivity contribution in [3.05, 3.63) is 53.6 Å². The maximum Gasteiger partial charge on any atom is 0.246 e. The molecule has 2 fully saturated rings. The average molecular weight is 473 g/mol. The van der Waals surface area contributed by atoms with Gasteiger partial charge in [-0.2, -0.15) is 4.31 Å². The first kappa shape index (κ1) is 23.6. The molecule has 1 amide bonds. The molecule has 7 nitrogen and oxygen atoms in total. The number of sulfonamides is 1. The monoisotopic (exact) mass is 472 g/mol. The van der Waals surface area contributed by atoms with E-state index in [1.165, 1.54) is 7.11 Å². The molecule has 0 saturated carbocycles. The van der Waals surface area contributed by atoms with Crippen molar-refractivity contribution in [2.24, 2.45) is 5.41 Å². The molecule has 0 atom stereocenters. The number of nitrogens with zero attached hydrogens (tertiary/aromatic N) is 2. The molecular weight excluding hydrogens is 440 g/mol. The van der Waals surface area contributed by atoms with Gasteiger partial charge in [-0.25, -0.2) is 8.42 Å². The Balaban J connectivity index is 1.40. The second-order valence-electron chi connectivity index (χ2n) is 9.15. The number of aryl methyl sites for hydroxylation is 1. The fourth-order valence-electron chi connectivity index (χ4n) is 4.93. The number of likely N-dealkylation sites (tertiary alicyclic amines) is 1. The molecule has 0 radical (unpaired) electrons. The number of carbonyl (C=O) groups is 1. The van der Waals surface area contributed by atoms with E-state index in [0.29, 0.717) is 38.3 Å². The van der Waals surface area contributed by atoms with Crippen LogP contribution in [0.15, 0.2) is 47.4 Å². The van der Waals surface area contributed by atoms with Crippen LogP contribution >= 0.6 is 0 Å². The van der Waals surface area contributed by atoms with Crippen LogP contribution in [-0.4, -0.2) is 63.9 Å². The number of benzene rings is 2. The normalized spacial score (nSPS) is 18.5. The summed E-state index contributed by atoms with van der Waals surface area (Å²) < 4.78 is 39.0. The van der Waals surface area contributed by atoms with Gasteiger partial charge in [0, 0.05) is 26.2 Å². The van der Waals surface area contributed by atoms with E-state index in [2.05, 4.69) is 0 Å². The minimum Gasteiger partial charge on any atom is -0.497 e. The predicted molar refractivity (Wildman–Crippen MR) is 126 cm³/mol. The van der Waals surface area contributed by atoms with Gasteiger partial charge in [0.15, 0.2) is 0 Å². The summed E-state index contributed by atoms with van der Waals surface area (Å²) in [6.45, 7) is 4.18. The van der Waals surface area contributed by atoms with Gasteiger partial charge in [-0.3, -0.25) is 4.79 Å². The van der Waals surface area contributed by atoms with Gasteiger partial charge in [-0.1, -0.05) is 18.2 Å². The zero-order valence-corrected chi connectivity index (χ0v) is 20.4. The smallest absolute Gasteiger partial charge is 0.246 e. The van der Waals surface area contributed by atoms with Crippen LogP contribution in [0.2, 0.25) is 0 Å². The first-order valence-corrected chi connectivity index (χ1v) is 12.8. The van der Waals surface area contributed by atoms with Gasteiger partial charge in [0.1, 0.15) is 16.4 Å². The predicted octanol–water partition coefficient (Wildman–Crippen LogP) is 3.26. The Labute approximate surface area is 196 Å². The molecule has 2 aromatic carbocycles. The van der Waals surface area contributed by atoms with Crippen LogP contribution in [0, 0.1) is 12.3 Å². The topological polar surface area (TPSA) is 76.2 Å². The third-order valence-electron chi connectivity index (χ3n) is 7.01. The lowest BCUT2D eigenvalue weighted by Crippen LogP contribution is -2.45. The lowest BCUT2D eigenvalue weighted by molar-refractivity contribution is -0.132. The van der Waals surface area contributed by atoms with Crippen molar-refractivity contribution in [2.45, 2.75) is 37.5 Å². The molecule has 2 aliphatic heterocycles. The molecule has 33 heavy (non-hydrogen) atoms. The highest BCUT2D eigenvalue weighted by molar-refractivity contribution is 7.89. The van der Waals surface area contributed by atoms with E-state index < -0.39 is 10.0 Å². The Hall–Kier alpha value is -2.58. The van der Waals surface area contributed by atoms with Crippen molar-refractivity contribution >= 4 is 15.9 Å². The number of amides is 1. The van der Waals surface area contributed by atoms with Crippen LogP contribution in [0.5, 0.6) is 11.5 Å². The molecular formula is C25H32N2O5S. The quantitative estimate of drug-likeness (QED) is 0.645. The first-order valence-electron chi connectivity index (χ1n) is 11.3. The van der Waals surface area contributed by atoms with Crippen molar-refractivity contribution in [1.29, 1.82) is 0 Å². The van der Waals surface area contributed by atoms with Crippen molar-refractivity contribution < 1.29 is 22.7 Å². The summed E-state index contributed by atoms with van der Waals surface area (Å²) in [7, 11) is -0.531. The molecule has 0 bridgehead atoms. The Morgan fingerprint density at radius 1 is 1.00 bits per heavy atom. The summed E-state index contributed by atoms with van der Waals surface area (Å²) in [6.07, 6.45) is 2.79. The minimum absolute atomic E-state index is 0.0725. The van der Waals surface area contributed by atoms with Gasteiger partial charge in [0.25, 0.3) is 0 Å². The maximum absolute atomic E-state index is 13.4. The molecule has 2 aliphatic rings. The third-order valence-corrected chi connectivity index (χ3v) is 8.87. The number of rotatable bonds is 6. The highest BCUT2D eigenvalue weighted by atomic mass is 32.2. The summed E-state index contributed by atoms with van der Waals surface area (Å²) in [4.78, 5) is 15.0. The zero-order valence-electron chi connectivity index (χ0n) is 19.5. The number of hydrogen-bond donors (Lipinski definition) is 0. The highest BCUT2D eigenvalue weighted by Crippen LogP contribution is 2.43. The lowest BCUT2D eigenvalue weighted by atomic mass is 9.78. The molecule has 0 unspecified atom stereocenters. The van der Waals surface area contributed by atoms with Gasteiger partial charge >= 0.3 is 0 Å². The van der Waals surface area contributed by atoms with Crippen molar-refractivity contribution in [3.8, 4) is 11.5 Å². The van der Waals surface area contributed by atoms with Gasteiger partial charge in [0.05, 0.1) is 20.6 Å². The van der Waals surface area contributed by atoms with Gasteiger partial charge < -0.3 is 14.4 Å². The summed E-state index contributed by atoms with van der Waals surface area (Å²) in [5.41, 5.74) is 1.74. The van der Waals surface area contributed by atoms with Crippen LogP contribution in [-0.2, 0) is 21.2 Å². The van der Waals surface area contributed by atoms with Gasteiger partial charge in [-0.05, 0) is 67.0 Å². The lowest BCUT2D eigenvalue weighted by Gasteiger charge is -2.39. The van der Waals surface area contributed by atoms with Crippen LogP contribution in [0.4, 0.5) is 0 Å². The highest BCUT2D eigenvalue weighted by Gasteiger charge is 2.45. The SMILES string of the molecule is COc1cccc(CC(=O)N2CCC3(CC2)CCN(S(=O)(=O)c2cc(C)ccc2OC)C3)c1. The first-order chi connectivity index (χ1) is 15.8. The molecule has 1 spiro atoms. The summed E-state index contributed by atoms with van der Waals surface area (Å²) in [6, 6.07) is 12.8. The largest absolute Gasteiger partial charge is 0.497 e. The van der Waals surface area contributed by atoms with Crippen LogP contribution in [0.25, 0.3) is 0 Å². The number of methoxy groups -OCH3 is 2. The second-order valence-corrected chi connectivity index (χ2v) is 11.1. The average Bonchev–Trinajstić information content (AvgIpc) is 3.24. The summed E-state index contributed by atoms with van der Waals surface area (Å²) >= 11 is 0. The Morgan fingerprint density at radius 3 is 2.42 bits per heavy atom. The van der Waals surface area contributed by atoms with Crippen LogP contribution < -0.4 is 9.47 Å². The number of hydrogen-bond acceptors (Lipinski definition) is 5. The molecule has 2 heterocycles. The molecule has 8 heteroatoms. The van der Waals surface area contributed by atoms with E-state index >= 15 is 0 Å². The van der Waals surface area contributed by atoms with E-state index in [1.54, 1.807) is 23.5 Å². The van der Waals surface area contributed by atoms with E-state index in [1.807, 2.05) is 42.2 Å². The summed E-state index contributed by atoms with van der Waals surface area (Å²) in [5, 5.41) is 0. The van der Waals surface area contributed by atoms with E-state index in [4.69, 9.17) is 9.47 Å². The minimum atomic E-state index is -3.64. The van der Waals surface area contributed by atoms with Crippen LogP contribution in [0.3, 0.4) is 0 Å². The fourth-order valence-corrected chi connectivity index (χ4v) is 6.73. The standard InChI is InChI=1S/C25H32N2O5S/c1-19-7-8-22(32-3)23(15-19)33(29,30)27-14-11-25(18-27)9-12-26(13-10-25)24(28)17-20-5-4-6-21(16-20)31-2/h4-8,15-16H,9-14,17-18H2,1-3H3. The van der Waals surface area contributed by atoms with Crippen molar-refractivity contribution in [2.75, 3.05) is 40.4 Å². The van der Waals surface area contributed by atoms with Crippen LogP contribution in [0.1, 0.15) is 30.4 Å². The van der Waals surface area contributed by atoms with Gasteiger partial charge in [-0.15, -0.1) is 0 Å². The van der Waals surface area contributed by atoms with Crippen molar-refractivity contribution in [1.82, 2.24) is 9.21 Å². The molecule has 2 aromatic rings. The maximum atomic E-state index is 13.4. The molecule has 4 rings (SSSR count).